The summed E-state index contributed by atoms with van der Waals surface area (Å²) in [7, 11) is 1.52. The third-order valence-corrected chi connectivity index (χ3v) is 3.76. The van der Waals surface area contributed by atoms with Gasteiger partial charge in [0.2, 0.25) is 0 Å². The molecule has 0 amide bonds. The highest BCUT2D eigenvalue weighted by Crippen LogP contribution is 2.35. The van der Waals surface area contributed by atoms with E-state index in [0.717, 1.165) is 0 Å². The highest BCUT2D eigenvalue weighted by molar-refractivity contribution is 6.30. The smallest absolute Gasteiger partial charge is 0.334 e. The molecule has 24 heavy (non-hydrogen) atoms. The Kier molecular flexibility index (Phi) is 5.99. The second-order valence-corrected chi connectivity index (χ2v) is 5.51. The molecule has 0 radical (unpaired) electrons. The molecule has 0 N–H and O–H groups in total. The van der Waals surface area contributed by atoms with Gasteiger partial charge in [0.25, 0.3) is 0 Å². The fourth-order valence-corrected chi connectivity index (χ4v) is 2.57. The molecule has 0 saturated heterocycles. The van der Waals surface area contributed by atoms with Gasteiger partial charge in [-0.3, -0.25) is 0 Å². The lowest BCUT2D eigenvalue weighted by atomic mass is 9.93. The lowest BCUT2D eigenvalue weighted by molar-refractivity contribution is -0.138. The summed E-state index contributed by atoms with van der Waals surface area (Å²) in [6.07, 6.45) is 0. The van der Waals surface area contributed by atoms with E-state index < -0.39 is 5.97 Å². The lowest BCUT2D eigenvalue weighted by Gasteiger charge is -2.16. The number of ether oxygens (including phenoxy) is 2. The lowest BCUT2D eigenvalue weighted by Crippen LogP contribution is -2.09. The van der Waals surface area contributed by atoms with Gasteiger partial charge in [-0.05, 0) is 49.7 Å². The Labute approximate surface area is 145 Å². The fourth-order valence-electron chi connectivity index (χ4n) is 2.40. The number of esters is 1. The third-order valence-electron chi connectivity index (χ3n) is 3.52. The summed E-state index contributed by atoms with van der Waals surface area (Å²) in [6.45, 7) is 3.68. The minimum absolute atomic E-state index is 0.268. The molecule has 0 atom stereocenters. The minimum atomic E-state index is -0.436. The van der Waals surface area contributed by atoms with Crippen molar-refractivity contribution in [3.8, 4) is 5.75 Å². The molecule has 5 heteroatoms. The van der Waals surface area contributed by atoms with E-state index in [2.05, 4.69) is 0 Å². The Bertz CT molecular complexity index is 767. The van der Waals surface area contributed by atoms with E-state index in [1.165, 1.54) is 19.2 Å². The molecule has 0 unspecified atom stereocenters. The van der Waals surface area contributed by atoms with Gasteiger partial charge >= 0.3 is 5.97 Å². The Morgan fingerprint density at radius 2 is 1.83 bits per heavy atom. The summed E-state index contributed by atoms with van der Waals surface area (Å²) in [6, 6.07) is 11.1. The predicted octanol–water partition coefficient (Wildman–Crippen LogP) is 4.87. The van der Waals surface area contributed by atoms with E-state index in [4.69, 9.17) is 21.1 Å². The van der Waals surface area contributed by atoms with Crippen molar-refractivity contribution < 1.29 is 18.7 Å². The first kappa shape index (κ1) is 18.0. The highest BCUT2D eigenvalue weighted by Gasteiger charge is 2.19. The quantitative estimate of drug-likeness (QED) is 0.571. The van der Waals surface area contributed by atoms with Crippen molar-refractivity contribution >= 4 is 23.1 Å². The summed E-state index contributed by atoms with van der Waals surface area (Å²) >= 11 is 6.02. The van der Waals surface area contributed by atoms with Crippen molar-refractivity contribution in [3.63, 3.8) is 0 Å². The van der Waals surface area contributed by atoms with Gasteiger partial charge in [0.05, 0.1) is 13.7 Å². The maximum absolute atomic E-state index is 13.3. The predicted molar refractivity (Wildman–Crippen MR) is 92.7 cm³/mol. The van der Waals surface area contributed by atoms with E-state index >= 15 is 0 Å². The Morgan fingerprint density at radius 1 is 1.17 bits per heavy atom. The van der Waals surface area contributed by atoms with Gasteiger partial charge in [0.1, 0.15) is 11.6 Å². The largest absolute Gasteiger partial charge is 0.496 e. The molecule has 3 nitrogen and oxygen atoms in total. The maximum atomic E-state index is 13.3. The van der Waals surface area contributed by atoms with Crippen molar-refractivity contribution in [2.75, 3.05) is 13.7 Å². The van der Waals surface area contributed by atoms with Crippen LogP contribution >= 0.6 is 11.6 Å². The Balaban J connectivity index is 2.70. The average molecular weight is 349 g/mol. The fraction of sp³-hybridized carbons (Fsp3) is 0.211. The van der Waals surface area contributed by atoms with Crippen molar-refractivity contribution in [2.45, 2.75) is 13.8 Å². The molecule has 0 aliphatic heterocycles. The van der Waals surface area contributed by atoms with Crippen LogP contribution in [0.3, 0.4) is 0 Å². The van der Waals surface area contributed by atoms with Gasteiger partial charge < -0.3 is 9.47 Å². The molecule has 0 spiro atoms. The number of hydrogen-bond donors (Lipinski definition) is 0. The number of halogens is 2. The number of methoxy groups -OCH3 is 1. The van der Waals surface area contributed by atoms with Crippen LogP contribution in [-0.4, -0.2) is 19.7 Å². The molecular weight excluding hydrogens is 331 g/mol. The van der Waals surface area contributed by atoms with Gasteiger partial charge in [0, 0.05) is 21.7 Å². The minimum Gasteiger partial charge on any atom is -0.496 e. The summed E-state index contributed by atoms with van der Waals surface area (Å²) in [5.41, 5.74) is 2.38. The molecule has 0 aromatic heterocycles. The molecule has 2 aromatic carbocycles. The summed E-state index contributed by atoms with van der Waals surface area (Å²) in [4.78, 5) is 12.2. The van der Waals surface area contributed by atoms with Gasteiger partial charge in [-0.15, -0.1) is 0 Å². The van der Waals surface area contributed by atoms with Gasteiger partial charge in [-0.1, -0.05) is 23.7 Å². The molecule has 126 valence electrons. The molecular formula is C19H18ClFO3. The Hall–Kier alpha value is -2.33. The van der Waals surface area contributed by atoms with Gasteiger partial charge in [0.15, 0.2) is 0 Å². The molecule has 0 aliphatic carbocycles. The Morgan fingerprint density at radius 3 is 2.42 bits per heavy atom. The van der Waals surface area contributed by atoms with Crippen LogP contribution in [0, 0.1) is 5.82 Å². The maximum Gasteiger partial charge on any atom is 0.334 e. The van der Waals surface area contributed by atoms with E-state index in [-0.39, 0.29) is 12.4 Å². The molecule has 2 rings (SSSR count). The van der Waals surface area contributed by atoms with Gasteiger partial charge in [-0.25, -0.2) is 9.18 Å². The van der Waals surface area contributed by atoms with Gasteiger partial charge in [-0.2, -0.15) is 0 Å². The SMILES string of the molecule is CCOC(=O)/C(C)=C(\c1ccc(F)cc1)c1ccc(Cl)cc1OC. The highest BCUT2D eigenvalue weighted by atomic mass is 35.5. The summed E-state index contributed by atoms with van der Waals surface area (Å²) < 4.78 is 23.8. The summed E-state index contributed by atoms with van der Waals surface area (Å²) in [5.74, 6) is -0.269. The van der Waals surface area contributed by atoms with Crippen molar-refractivity contribution in [1.29, 1.82) is 0 Å². The number of hydrogen-bond acceptors (Lipinski definition) is 3. The van der Waals surface area contributed by atoms with Crippen LogP contribution in [-0.2, 0) is 9.53 Å². The topological polar surface area (TPSA) is 35.5 Å². The van der Waals surface area contributed by atoms with Crippen molar-refractivity contribution in [2.24, 2.45) is 0 Å². The summed E-state index contributed by atoms with van der Waals surface area (Å²) in [5, 5.41) is 0.517. The number of carbonyl (C=O) groups is 1. The molecule has 0 saturated carbocycles. The van der Waals surface area contributed by atoms with E-state index in [9.17, 15) is 9.18 Å². The van der Waals surface area contributed by atoms with Crippen LogP contribution in [0.2, 0.25) is 5.02 Å². The number of benzene rings is 2. The van der Waals surface area contributed by atoms with Crippen LogP contribution in [0.4, 0.5) is 4.39 Å². The zero-order valence-corrected chi connectivity index (χ0v) is 14.5. The van der Waals surface area contributed by atoms with Crippen molar-refractivity contribution in [1.82, 2.24) is 0 Å². The average Bonchev–Trinajstić information content (AvgIpc) is 2.58. The van der Waals surface area contributed by atoms with Crippen LogP contribution in [0.1, 0.15) is 25.0 Å². The first-order valence-corrected chi connectivity index (χ1v) is 7.83. The van der Waals surface area contributed by atoms with Crippen LogP contribution in [0.5, 0.6) is 5.75 Å². The van der Waals surface area contributed by atoms with Crippen LogP contribution in [0.15, 0.2) is 48.0 Å². The molecule has 0 aliphatic rings. The third kappa shape index (κ3) is 3.95. The first-order chi connectivity index (χ1) is 11.5. The van der Waals surface area contributed by atoms with E-state index in [1.807, 2.05) is 0 Å². The van der Waals surface area contributed by atoms with Crippen molar-refractivity contribution in [3.05, 3.63) is 70.0 Å². The molecule has 2 aromatic rings. The van der Waals surface area contributed by atoms with E-state index in [1.54, 1.807) is 44.2 Å². The monoisotopic (exact) mass is 348 g/mol. The molecule has 0 heterocycles. The second kappa shape index (κ2) is 7.97. The zero-order chi connectivity index (χ0) is 17.7. The molecule has 0 bridgehead atoms. The van der Waals surface area contributed by atoms with E-state index in [0.29, 0.717) is 33.0 Å². The first-order valence-electron chi connectivity index (χ1n) is 7.45. The zero-order valence-electron chi connectivity index (χ0n) is 13.7. The second-order valence-electron chi connectivity index (χ2n) is 5.07. The number of carbonyl (C=O) groups excluding carboxylic acids is 1. The molecule has 0 fully saturated rings. The van der Waals surface area contributed by atoms with Crippen LogP contribution in [0.25, 0.3) is 5.57 Å². The van der Waals surface area contributed by atoms with Crippen LogP contribution < -0.4 is 4.74 Å². The normalized spacial score (nSPS) is 11.7. The standard InChI is InChI=1S/C19H18ClFO3/c1-4-24-19(22)12(2)18(13-5-8-15(21)9-6-13)16-10-7-14(20)11-17(16)23-3/h5-11H,4H2,1-3H3/b18-12+. The number of rotatable bonds is 5.